The minimum absolute atomic E-state index is 0.0679. The highest BCUT2D eigenvalue weighted by Crippen LogP contribution is 2.65. The van der Waals surface area contributed by atoms with Crippen LogP contribution < -0.4 is 19.8 Å². The molecule has 0 saturated carbocycles. The summed E-state index contributed by atoms with van der Waals surface area (Å²) in [5.41, 5.74) is 3.30. The van der Waals surface area contributed by atoms with E-state index in [-0.39, 0.29) is 44.9 Å². The predicted octanol–water partition coefficient (Wildman–Crippen LogP) is 5.22. The Hall–Kier alpha value is -6.27. The van der Waals surface area contributed by atoms with Gasteiger partial charge in [0.05, 0.1) is 56.3 Å². The number of aromatic nitrogens is 1. The molecule has 3 aliphatic carbocycles. The SMILES string of the molecule is CCOC(=O)C1=C(C)N=c2s/c(=C/C34c5ccccc5C(c5ccccc53)[C@@H]3C(=O)N(c5ccccc5)C(=O)[C@@H]34)c(=O)n2[C@H]1c1ccc(C)c([N+](=O)[O-])c1. The lowest BCUT2D eigenvalue weighted by Crippen LogP contribution is -2.53. The second-order valence-electron chi connectivity index (χ2n) is 14.0. The molecule has 3 heterocycles. The Bertz CT molecular complexity index is 2670. The van der Waals surface area contributed by atoms with Gasteiger partial charge in [0, 0.05) is 17.5 Å². The van der Waals surface area contributed by atoms with Crippen LogP contribution in [0.1, 0.15) is 59.2 Å². The van der Waals surface area contributed by atoms with Crippen molar-refractivity contribution in [3.8, 4) is 0 Å². The lowest BCUT2D eigenvalue weighted by atomic mass is 9.47. The van der Waals surface area contributed by atoms with Crippen molar-refractivity contribution in [1.82, 2.24) is 4.57 Å². The molecule has 2 bridgehead atoms. The van der Waals surface area contributed by atoms with Crippen molar-refractivity contribution in [2.45, 2.75) is 38.1 Å². The van der Waals surface area contributed by atoms with Crippen molar-refractivity contribution in [2.24, 2.45) is 16.8 Å². The number of ether oxygens (including phenoxy) is 1. The number of hydrogen-bond donors (Lipinski definition) is 0. The summed E-state index contributed by atoms with van der Waals surface area (Å²) in [6.45, 7) is 5.01. The summed E-state index contributed by atoms with van der Waals surface area (Å²) in [5.74, 6) is -3.31. The third-order valence-corrected chi connectivity index (χ3v) is 12.3. The first-order valence-corrected chi connectivity index (χ1v) is 18.5. The summed E-state index contributed by atoms with van der Waals surface area (Å²) < 4.78 is 7.08. The summed E-state index contributed by atoms with van der Waals surface area (Å²) in [6, 6.07) is 28.1. The van der Waals surface area contributed by atoms with Crippen molar-refractivity contribution >= 4 is 46.6 Å². The summed E-state index contributed by atoms with van der Waals surface area (Å²) in [5, 5.41) is 12.1. The molecule has 268 valence electrons. The first-order chi connectivity index (χ1) is 26.1. The number of fused-ring (bicyclic) bond motifs is 1. The van der Waals surface area contributed by atoms with Gasteiger partial charge in [0.2, 0.25) is 11.8 Å². The second kappa shape index (κ2) is 12.1. The van der Waals surface area contributed by atoms with Gasteiger partial charge in [0.25, 0.3) is 11.2 Å². The van der Waals surface area contributed by atoms with Crippen LogP contribution in [-0.2, 0) is 24.5 Å². The number of rotatable bonds is 6. The summed E-state index contributed by atoms with van der Waals surface area (Å²) in [6.07, 6.45) is 1.83. The van der Waals surface area contributed by atoms with Crippen LogP contribution in [0.4, 0.5) is 11.4 Å². The maximum Gasteiger partial charge on any atom is 0.338 e. The minimum Gasteiger partial charge on any atom is -0.463 e. The highest BCUT2D eigenvalue weighted by Gasteiger charge is 2.67. The molecule has 10 rings (SSSR count). The van der Waals surface area contributed by atoms with Gasteiger partial charge in [-0.2, -0.15) is 0 Å². The highest BCUT2D eigenvalue weighted by molar-refractivity contribution is 7.07. The number of para-hydroxylation sites is 1. The molecule has 11 nitrogen and oxygen atoms in total. The van der Waals surface area contributed by atoms with E-state index in [2.05, 4.69) is 0 Å². The quantitative estimate of drug-likeness (QED) is 0.101. The first kappa shape index (κ1) is 33.6. The number of nitro groups is 1. The molecule has 12 heteroatoms. The van der Waals surface area contributed by atoms with E-state index in [0.717, 1.165) is 33.6 Å². The van der Waals surface area contributed by atoms with E-state index in [1.54, 1.807) is 57.2 Å². The number of imide groups is 1. The molecule has 0 unspecified atom stereocenters. The standard InChI is InChI=1S/C42H32N4O7S/c1-4-53-40(50)32-23(3)43-41-45(36(32)24-19-18-22(2)30(20-24)46(51)52)37(47)31(54-41)21-42-28-16-10-8-14-26(28)33(27-15-9-11-17-29(27)42)34-35(42)39(49)44(38(34)48)25-12-6-5-7-13-25/h5-21,33-36H,4H2,1-3H3/b31-21+/t33?,34-,35+,36-,42?/m0/s1. The van der Waals surface area contributed by atoms with Crippen LogP contribution >= 0.6 is 11.3 Å². The number of esters is 1. The Labute approximate surface area is 312 Å². The van der Waals surface area contributed by atoms with Crippen LogP contribution in [0.15, 0.2) is 118 Å². The van der Waals surface area contributed by atoms with E-state index in [1.807, 2.05) is 60.7 Å². The molecule has 54 heavy (non-hydrogen) atoms. The van der Waals surface area contributed by atoms with Crippen LogP contribution in [0.5, 0.6) is 0 Å². The molecule has 4 aromatic carbocycles. The van der Waals surface area contributed by atoms with E-state index in [1.165, 1.54) is 15.5 Å². The number of carbonyl (C=O) groups excluding carboxylic acids is 3. The monoisotopic (exact) mass is 736 g/mol. The summed E-state index contributed by atoms with van der Waals surface area (Å²) in [4.78, 5) is 75.9. The van der Waals surface area contributed by atoms with Gasteiger partial charge in [-0.1, -0.05) is 90.2 Å². The number of thiazole rings is 1. The van der Waals surface area contributed by atoms with Crippen molar-refractivity contribution in [1.29, 1.82) is 0 Å². The number of aryl methyl sites for hydroxylation is 1. The Kier molecular flexibility index (Phi) is 7.54. The number of benzene rings is 4. The topological polar surface area (TPSA) is 141 Å². The molecule has 0 spiro atoms. The summed E-state index contributed by atoms with van der Waals surface area (Å²) >= 11 is 1.11. The van der Waals surface area contributed by atoms with Crippen molar-refractivity contribution in [3.63, 3.8) is 0 Å². The van der Waals surface area contributed by atoms with Crippen LogP contribution in [-0.4, -0.2) is 33.9 Å². The lowest BCUT2D eigenvalue weighted by Gasteiger charge is -2.53. The molecule has 2 aliphatic heterocycles. The molecule has 1 aromatic heterocycles. The fraction of sp³-hybridized carbons (Fsp3) is 0.214. The number of carbonyl (C=O) groups is 3. The number of amides is 2. The highest BCUT2D eigenvalue weighted by atomic mass is 32.1. The third kappa shape index (κ3) is 4.49. The normalized spacial score (nSPS) is 23.8. The van der Waals surface area contributed by atoms with E-state index in [0.29, 0.717) is 22.5 Å². The predicted molar refractivity (Wildman–Crippen MR) is 201 cm³/mol. The Morgan fingerprint density at radius 3 is 2.22 bits per heavy atom. The van der Waals surface area contributed by atoms with Gasteiger partial charge in [0.1, 0.15) is 0 Å². The van der Waals surface area contributed by atoms with Crippen LogP contribution in [0.25, 0.3) is 6.08 Å². The van der Waals surface area contributed by atoms with Gasteiger partial charge in [0.15, 0.2) is 4.80 Å². The van der Waals surface area contributed by atoms with Crippen LogP contribution in [0, 0.1) is 28.9 Å². The fourth-order valence-electron chi connectivity index (χ4n) is 9.21. The molecular weight excluding hydrogens is 705 g/mol. The van der Waals surface area contributed by atoms with E-state index in [9.17, 15) is 24.5 Å². The zero-order chi connectivity index (χ0) is 37.6. The molecule has 5 aromatic rings. The van der Waals surface area contributed by atoms with E-state index in [4.69, 9.17) is 9.73 Å². The maximum absolute atomic E-state index is 15.0. The third-order valence-electron chi connectivity index (χ3n) is 11.3. The molecule has 5 aliphatic rings. The number of anilines is 1. The van der Waals surface area contributed by atoms with Gasteiger partial charge in [-0.25, -0.2) is 14.7 Å². The number of allylic oxidation sites excluding steroid dienone is 1. The van der Waals surface area contributed by atoms with Crippen LogP contribution in [0.3, 0.4) is 0 Å². The largest absolute Gasteiger partial charge is 0.463 e. The molecular formula is C42H32N4O7S. The second-order valence-corrected chi connectivity index (χ2v) is 15.0. The maximum atomic E-state index is 15.0. The fourth-order valence-corrected chi connectivity index (χ4v) is 10.3. The lowest BCUT2D eigenvalue weighted by molar-refractivity contribution is -0.385. The average Bonchev–Trinajstić information content (AvgIpc) is 3.62. The molecule has 1 fully saturated rings. The van der Waals surface area contributed by atoms with E-state index < -0.39 is 39.7 Å². The van der Waals surface area contributed by atoms with Crippen LogP contribution in [0.2, 0.25) is 0 Å². The molecule has 3 atom stereocenters. The van der Waals surface area contributed by atoms with Crippen molar-refractivity contribution in [3.05, 3.63) is 172 Å². The van der Waals surface area contributed by atoms with Gasteiger partial charge >= 0.3 is 5.97 Å². The number of nitro benzene ring substituents is 1. The zero-order valence-corrected chi connectivity index (χ0v) is 30.2. The Morgan fingerprint density at radius 2 is 1.57 bits per heavy atom. The van der Waals surface area contributed by atoms with E-state index >= 15 is 4.79 Å². The minimum atomic E-state index is -1.24. The van der Waals surface area contributed by atoms with Crippen molar-refractivity contribution in [2.75, 3.05) is 11.5 Å². The first-order valence-electron chi connectivity index (χ1n) is 17.7. The average molecular weight is 737 g/mol. The number of hydrogen-bond acceptors (Lipinski definition) is 9. The van der Waals surface area contributed by atoms with Crippen molar-refractivity contribution < 1.29 is 24.0 Å². The zero-order valence-electron chi connectivity index (χ0n) is 29.4. The number of nitrogens with zero attached hydrogens (tertiary/aromatic N) is 4. The molecule has 2 amide bonds. The Balaban J connectivity index is 1.34. The molecule has 0 radical (unpaired) electrons. The van der Waals surface area contributed by atoms with Gasteiger partial charge in [-0.3, -0.25) is 29.1 Å². The summed E-state index contributed by atoms with van der Waals surface area (Å²) in [7, 11) is 0. The molecule has 0 N–H and O–H groups in total. The van der Waals surface area contributed by atoms with Gasteiger partial charge in [-0.05, 0) is 66.8 Å². The Morgan fingerprint density at radius 1 is 0.926 bits per heavy atom. The molecule has 1 saturated heterocycles. The smallest absolute Gasteiger partial charge is 0.338 e. The van der Waals surface area contributed by atoms with Gasteiger partial charge < -0.3 is 4.74 Å². The van der Waals surface area contributed by atoms with Gasteiger partial charge in [-0.15, -0.1) is 0 Å².